The molecule has 2 heterocycles. The Morgan fingerprint density at radius 1 is 0.196 bits per heavy atom. The number of para-hydroxylation sites is 7. The fourth-order valence-corrected chi connectivity index (χ4v) is 17.6. The number of rotatable bonds is 13. The Morgan fingerprint density at radius 3 is 0.912 bits per heavy atom. The van der Waals surface area contributed by atoms with Gasteiger partial charge in [-0.15, -0.1) is 0 Å². The maximum Gasteiger partial charge on any atom is 0.0713 e. The van der Waals surface area contributed by atoms with Gasteiger partial charge in [0.15, 0.2) is 0 Å². The van der Waals surface area contributed by atoms with E-state index in [2.05, 4.69) is 419 Å². The lowest BCUT2D eigenvalue weighted by molar-refractivity contribution is 0.767. The lowest BCUT2D eigenvalue weighted by Gasteiger charge is -2.35. The van der Waals surface area contributed by atoms with Gasteiger partial charge in [-0.1, -0.05) is 273 Å². The van der Waals surface area contributed by atoms with Gasteiger partial charge >= 0.3 is 0 Å². The van der Waals surface area contributed by atoms with E-state index in [0.717, 1.165) is 56.5 Å². The van der Waals surface area contributed by atoms with Crippen molar-refractivity contribution in [3.63, 3.8) is 0 Å². The maximum absolute atomic E-state index is 2.49. The van der Waals surface area contributed by atoms with Crippen LogP contribution in [0.1, 0.15) is 44.5 Å². The van der Waals surface area contributed by atoms with Crippen LogP contribution in [0.25, 0.3) is 88.4 Å². The summed E-state index contributed by atoms with van der Waals surface area (Å²) in [5, 5.41) is 4.95. The van der Waals surface area contributed by atoms with Crippen molar-refractivity contribution in [2.45, 2.75) is 10.8 Å². The predicted molar refractivity (Wildman–Crippen MR) is 425 cm³/mol. The summed E-state index contributed by atoms with van der Waals surface area (Å²) < 4.78 is 4.90. The van der Waals surface area contributed by atoms with Gasteiger partial charge in [-0.3, -0.25) is 0 Å². The molecular weight excluding hydrogens is 1230 g/mol. The second-order valence-electron chi connectivity index (χ2n) is 27.0. The Balaban J connectivity index is 0.727. The monoisotopic (exact) mass is 1300 g/mol. The number of benzene rings is 16. The lowest BCUT2D eigenvalue weighted by atomic mass is 9.67. The maximum atomic E-state index is 2.49. The second kappa shape index (κ2) is 23.7. The van der Waals surface area contributed by atoms with E-state index in [1.807, 2.05) is 0 Å². The summed E-state index contributed by atoms with van der Waals surface area (Å²) in [6.07, 6.45) is 0. The average Bonchev–Trinajstić information content (AvgIpc) is 1.53. The highest BCUT2D eigenvalue weighted by Gasteiger charge is 2.48. The minimum atomic E-state index is -0.692. The SMILES string of the molecule is c1ccc(N(c2ccccc2)c2ccc(C3(c4ccc(N(c5ccccc5)c5ccccc5)cc4)c4ccccc4-c4cc(-c5cccc6c5c5ccccc5n6-c5ccc(C6(c7ccc(-n8c9ccccc9c9ccccc98)cc7)c7ccccc7-c7ccccc76)cc5)ccc43)cc2)cc1. The van der Waals surface area contributed by atoms with Crippen LogP contribution in [-0.2, 0) is 10.8 Å². The molecule has 0 saturated carbocycles. The summed E-state index contributed by atoms with van der Waals surface area (Å²) >= 11 is 0. The molecule has 478 valence electrons. The van der Waals surface area contributed by atoms with Crippen LogP contribution in [0.3, 0.4) is 0 Å². The first kappa shape index (κ1) is 58.8. The van der Waals surface area contributed by atoms with Crippen molar-refractivity contribution < 1.29 is 0 Å². The molecule has 0 saturated heterocycles. The van der Waals surface area contributed by atoms with Crippen LogP contribution in [0.4, 0.5) is 34.1 Å². The minimum absolute atomic E-state index is 0.590. The van der Waals surface area contributed by atoms with Crippen LogP contribution in [0.5, 0.6) is 0 Å². The van der Waals surface area contributed by atoms with E-state index in [4.69, 9.17) is 0 Å². The molecule has 4 nitrogen and oxygen atoms in total. The molecule has 0 aliphatic heterocycles. The van der Waals surface area contributed by atoms with Crippen LogP contribution < -0.4 is 9.80 Å². The molecule has 0 spiro atoms. The lowest BCUT2D eigenvalue weighted by Crippen LogP contribution is -2.28. The molecule has 2 aliphatic carbocycles. The number of nitrogens with zero attached hydrogens (tertiary/aromatic N) is 4. The van der Waals surface area contributed by atoms with Crippen LogP contribution in [0, 0.1) is 0 Å². The number of fused-ring (bicyclic) bond motifs is 12. The Morgan fingerprint density at radius 2 is 0.490 bits per heavy atom. The van der Waals surface area contributed by atoms with Crippen LogP contribution >= 0.6 is 0 Å². The van der Waals surface area contributed by atoms with E-state index >= 15 is 0 Å². The molecule has 20 rings (SSSR count). The smallest absolute Gasteiger partial charge is 0.0713 e. The molecule has 0 bridgehead atoms. The van der Waals surface area contributed by atoms with Crippen molar-refractivity contribution in [2.24, 2.45) is 0 Å². The number of hydrogen-bond donors (Lipinski definition) is 0. The van der Waals surface area contributed by atoms with Gasteiger partial charge in [0, 0.05) is 67.0 Å². The van der Waals surface area contributed by atoms with Crippen LogP contribution in [-0.4, -0.2) is 9.13 Å². The van der Waals surface area contributed by atoms with Gasteiger partial charge in [-0.05, 0) is 205 Å². The Hall–Kier alpha value is -13.3. The zero-order chi connectivity index (χ0) is 67.3. The predicted octanol–water partition coefficient (Wildman–Crippen LogP) is 25.2. The Bertz CT molecular complexity index is 5910. The van der Waals surface area contributed by atoms with Gasteiger partial charge in [-0.2, -0.15) is 0 Å². The third-order valence-corrected chi connectivity index (χ3v) is 21.9. The van der Waals surface area contributed by atoms with Crippen molar-refractivity contribution in [2.75, 3.05) is 9.80 Å². The van der Waals surface area contributed by atoms with Crippen molar-refractivity contribution in [1.29, 1.82) is 0 Å². The van der Waals surface area contributed by atoms with Gasteiger partial charge in [0.05, 0.1) is 32.9 Å². The molecule has 4 heteroatoms. The van der Waals surface area contributed by atoms with Crippen molar-refractivity contribution in [1.82, 2.24) is 9.13 Å². The molecule has 0 N–H and O–H groups in total. The van der Waals surface area contributed by atoms with Gasteiger partial charge in [0.25, 0.3) is 0 Å². The zero-order valence-corrected chi connectivity index (χ0v) is 55.9. The molecule has 2 aliphatic rings. The second-order valence-corrected chi connectivity index (χ2v) is 27.0. The number of hydrogen-bond acceptors (Lipinski definition) is 2. The summed E-state index contributed by atoms with van der Waals surface area (Å²) in [5.41, 5.74) is 29.5. The molecule has 0 radical (unpaired) electrons. The first-order valence-electron chi connectivity index (χ1n) is 35.3. The number of anilines is 6. The van der Waals surface area contributed by atoms with E-state index in [1.54, 1.807) is 0 Å². The fourth-order valence-electron chi connectivity index (χ4n) is 17.6. The molecule has 0 atom stereocenters. The van der Waals surface area contributed by atoms with E-state index in [0.29, 0.717) is 0 Å². The highest BCUT2D eigenvalue weighted by Crippen LogP contribution is 2.59. The average molecular weight is 1300 g/mol. The van der Waals surface area contributed by atoms with Crippen LogP contribution in [0.15, 0.2) is 400 Å². The first-order valence-corrected chi connectivity index (χ1v) is 35.3. The molecule has 18 aromatic rings. The summed E-state index contributed by atoms with van der Waals surface area (Å²) in [7, 11) is 0. The summed E-state index contributed by atoms with van der Waals surface area (Å²) in [6, 6.07) is 148. The van der Waals surface area contributed by atoms with Crippen LogP contribution in [0.2, 0.25) is 0 Å². The minimum Gasteiger partial charge on any atom is -0.311 e. The van der Waals surface area contributed by atoms with Gasteiger partial charge in [-0.25, -0.2) is 0 Å². The topological polar surface area (TPSA) is 16.3 Å². The molecule has 0 fully saturated rings. The zero-order valence-electron chi connectivity index (χ0n) is 55.9. The van der Waals surface area contributed by atoms with Crippen molar-refractivity contribution >= 4 is 77.7 Å². The normalized spacial score (nSPS) is 13.1. The molecule has 102 heavy (non-hydrogen) atoms. The molecule has 0 amide bonds. The van der Waals surface area contributed by atoms with E-state index in [9.17, 15) is 0 Å². The van der Waals surface area contributed by atoms with Gasteiger partial charge in [0.1, 0.15) is 0 Å². The molecule has 16 aromatic carbocycles. The quantitative estimate of drug-likeness (QED) is 0.114. The third-order valence-electron chi connectivity index (χ3n) is 21.9. The fraction of sp³-hybridized carbons (Fsp3) is 0.0204. The van der Waals surface area contributed by atoms with Gasteiger partial charge < -0.3 is 18.9 Å². The summed E-state index contributed by atoms with van der Waals surface area (Å²) in [4.78, 5) is 4.70. The van der Waals surface area contributed by atoms with E-state index in [1.165, 1.54) is 110 Å². The summed E-state index contributed by atoms with van der Waals surface area (Å²) in [6.45, 7) is 0. The largest absolute Gasteiger partial charge is 0.311 e. The standard InChI is InChI=1S/C98H66N4/c1-5-26-72(27-6-1)99(73-28-7-2-8-29-73)76-57-49-70(50-58-76)98(71-51-59-77(60-52-71)100(74-30-9-3-10-31-74)75-32-11-4-12-33-75)90-43-21-15-36-83(90)87-66-67(48-65-91(87)98)80-40-25-47-95-96(80)86-39-18-24-46-94(86)102(95)79-63-55-69(56-64-79)97(88-41-19-13-34-81(88)82-35-14-20-42-89(82)97)68-53-61-78(62-54-68)101-92-44-22-16-37-84(92)85-38-17-23-45-93(85)101/h1-66H. The van der Waals surface area contributed by atoms with Gasteiger partial charge in [0.2, 0.25) is 0 Å². The molecular formula is C98H66N4. The van der Waals surface area contributed by atoms with E-state index in [-0.39, 0.29) is 0 Å². The Kier molecular flexibility index (Phi) is 13.7. The molecule has 0 unspecified atom stereocenters. The highest BCUT2D eigenvalue weighted by atomic mass is 15.1. The third kappa shape index (κ3) is 8.89. The van der Waals surface area contributed by atoms with Crippen molar-refractivity contribution in [3.8, 4) is 44.8 Å². The van der Waals surface area contributed by atoms with Crippen molar-refractivity contribution in [3.05, 3.63) is 445 Å². The number of aromatic nitrogens is 2. The molecule has 2 aromatic heterocycles. The van der Waals surface area contributed by atoms with E-state index < -0.39 is 10.8 Å². The highest BCUT2D eigenvalue weighted by molar-refractivity contribution is 6.16. The Labute approximate surface area is 593 Å². The first-order chi connectivity index (χ1) is 50.6. The summed E-state index contributed by atoms with van der Waals surface area (Å²) in [5.74, 6) is 0.